The second kappa shape index (κ2) is 6.64. The maximum Gasteiger partial charge on any atom is 0.0940 e. The SMILES string of the molecule is Cc1csc(CCN2CCCC(NC(C)C)C2)n1. The van der Waals surface area contributed by atoms with E-state index in [1.165, 1.54) is 30.9 Å². The molecule has 1 aromatic rings. The fourth-order valence-corrected chi connectivity index (χ4v) is 3.40. The van der Waals surface area contributed by atoms with E-state index in [0.717, 1.165) is 18.7 Å². The van der Waals surface area contributed by atoms with Gasteiger partial charge in [0.2, 0.25) is 0 Å². The minimum Gasteiger partial charge on any atom is -0.311 e. The van der Waals surface area contributed by atoms with E-state index in [1.54, 1.807) is 11.3 Å². The third-order valence-corrected chi connectivity index (χ3v) is 4.41. The van der Waals surface area contributed by atoms with Crippen LogP contribution >= 0.6 is 11.3 Å². The molecule has 1 N–H and O–H groups in total. The Morgan fingerprint density at radius 1 is 1.56 bits per heavy atom. The number of hydrogen-bond donors (Lipinski definition) is 1. The van der Waals surface area contributed by atoms with Crippen LogP contribution < -0.4 is 5.32 Å². The van der Waals surface area contributed by atoms with Gasteiger partial charge >= 0.3 is 0 Å². The normalized spacial score (nSPS) is 21.7. The minimum atomic E-state index is 0.594. The lowest BCUT2D eigenvalue weighted by Crippen LogP contribution is -2.48. The summed E-state index contributed by atoms with van der Waals surface area (Å²) in [6.45, 7) is 10.1. The lowest BCUT2D eigenvalue weighted by molar-refractivity contribution is 0.187. The highest BCUT2D eigenvalue weighted by Gasteiger charge is 2.19. The Morgan fingerprint density at radius 2 is 2.39 bits per heavy atom. The second-order valence-electron chi connectivity index (χ2n) is 5.59. The Balaban J connectivity index is 1.75. The molecule has 1 atom stereocenters. The van der Waals surface area contributed by atoms with Gasteiger partial charge in [-0.25, -0.2) is 4.98 Å². The number of aromatic nitrogens is 1. The number of aryl methyl sites for hydroxylation is 1. The lowest BCUT2D eigenvalue weighted by Gasteiger charge is -2.34. The molecule has 4 heteroatoms. The number of likely N-dealkylation sites (tertiary alicyclic amines) is 1. The smallest absolute Gasteiger partial charge is 0.0940 e. The van der Waals surface area contributed by atoms with Gasteiger partial charge in [-0.15, -0.1) is 11.3 Å². The van der Waals surface area contributed by atoms with Crippen LogP contribution in [0.3, 0.4) is 0 Å². The molecular weight excluding hydrogens is 242 g/mol. The van der Waals surface area contributed by atoms with Crippen molar-refractivity contribution in [2.75, 3.05) is 19.6 Å². The van der Waals surface area contributed by atoms with Gasteiger partial charge in [0.15, 0.2) is 0 Å². The highest BCUT2D eigenvalue weighted by atomic mass is 32.1. The first kappa shape index (κ1) is 14.0. The zero-order chi connectivity index (χ0) is 13.0. The number of hydrogen-bond acceptors (Lipinski definition) is 4. The van der Waals surface area contributed by atoms with E-state index < -0.39 is 0 Å². The summed E-state index contributed by atoms with van der Waals surface area (Å²) in [7, 11) is 0. The van der Waals surface area contributed by atoms with Crippen LogP contribution in [-0.2, 0) is 6.42 Å². The van der Waals surface area contributed by atoms with Crippen molar-refractivity contribution in [3.63, 3.8) is 0 Å². The first-order chi connectivity index (χ1) is 8.63. The molecular formula is C14H25N3S. The summed E-state index contributed by atoms with van der Waals surface area (Å²) in [4.78, 5) is 7.12. The number of nitrogens with zero attached hydrogens (tertiary/aromatic N) is 2. The molecule has 0 bridgehead atoms. The van der Waals surface area contributed by atoms with Crippen LogP contribution in [-0.4, -0.2) is 41.6 Å². The molecule has 2 heterocycles. The Kier molecular flexibility index (Phi) is 5.15. The average molecular weight is 267 g/mol. The molecule has 0 aliphatic carbocycles. The Morgan fingerprint density at radius 3 is 3.06 bits per heavy atom. The van der Waals surface area contributed by atoms with E-state index in [-0.39, 0.29) is 0 Å². The number of nitrogens with one attached hydrogen (secondary N) is 1. The molecule has 0 saturated carbocycles. The van der Waals surface area contributed by atoms with Gasteiger partial charge in [0, 0.05) is 42.7 Å². The third-order valence-electron chi connectivity index (χ3n) is 3.38. The Hall–Kier alpha value is -0.450. The van der Waals surface area contributed by atoms with Crippen LogP contribution in [0.2, 0.25) is 0 Å². The molecule has 0 aromatic carbocycles. The molecule has 1 aromatic heterocycles. The standard InChI is InChI=1S/C14H25N3S/c1-11(2)15-13-5-4-7-17(9-13)8-6-14-16-12(3)10-18-14/h10-11,13,15H,4-9H2,1-3H3. The summed E-state index contributed by atoms with van der Waals surface area (Å²) in [6, 6.07) is 1.27. The van der Waals surface area contributed by atoms with Crippen molar-refractivity contribution >= 4 is 11.3 Å². The topological polar surface area (TPSA) is 28.2 Å². The fourth-order valence-electron chi connectivity index (χ4n) is 2.64. The van der Waals surface area contributed by atoms with Crippen molar-refractivity contribution in [1.82, 2.24) is 15.2 Å². The molecule has 1 fully saturated rings. The molecule has 1 saturated heterocycles. The van der Waals surface area contributed by atoms with E-state index in [4.69, 9.17) is 0 Å². The number of piperidine rings is 1. The average Bonchev–Trinajstić information content (AvgIpc) is 2.72. The van der Waals surface area contributed by atoms with Gasteiger partial charge in [-0.3, -0.25) is 0 Å². The summed E-state index contributed by atoms with van der Waals surface area (Å²) in [6.07, 6.45) is 3.75. The minimum absolute atomic E-state index is 0.594. The van der Waals surface area contributed by atoms with E-state index in [9.17, 15) is 0 Å². The predicted octanol–water partition coefficient (Wildman–Crippen LogP) is 2.46. The summed E-state index contributed by atoms with van der Waals surface area (Å²) in [5.41, 5.74) is 1.16. The van der Waals surface area contributed by atoms with Crippen molar-refractivity contribution in [3.8, 4) is 0 Å². The molecule has 0 spiro atoms. The van der Waals surface area contributed by atoms with E-state index in [0.29, 0.717) is 12.1 Å². The van der Waals surface area contributed by atoms with Gasteiger partial charge in [0.05, 0.1) is 5.01 Å². The van der Waals surface area contributed by atoms with Gasteiger partial charge in [0.1, 0.15) is 0 Å². The molecule has 0 radical (unpaired) electrons. The molecule has 3 nitrogen and oxygen atoms in total. The predicted molar refractivity (Wildman–Crippen MR) is 78.3 cm³/mol. The van der Waals surface area contributed by atoms with Crippen molar-refractivity contribution in [2.24, 2.45) is 0 Å². The first-order valence-electron chi connectivity index (χ1n) is 7.03. The van der Waals surface area contributed by atoms with E-state index in [2.05, 4.69) is 41.4 Å². The molecule has 1 unspecified atom stereocenters. The molecule has 0 amide bonds. The second-order valence-corrected chi connectivity index (χ2v) is 6.54. The highest BCUT2D eigenvalue weighted by molar-refractivity contribution is 7.09. The van der Waals surface area contributed by atoms with Crippen LogP contribution in [0.15, 0.2) is 5.38 Å². The summed E-state index contributed by atoms with van der Waals surface area (Å²) in [5, 5.41) is 7.09. The lowest BCUT2D eigenvalue weighted by atomic mass is 10.0. The van der Waals surface area contributed by atoms with Crippen LogP contribution in [0.25, 0.3) is 0 Å². The molecule has 1 aliphatic heterocycles. The first-order valence-corrected chi connectivity index (χ1v) is 7.91. The maximum atomic E-state index is 4.54. The highest BCUT2D eigenvalue weighted by Crippen LogP contribution is 2.14. The van der Waals surface area contributed by atoms with E-state index >= 15 is 0 Å². The summed E-state index contributed by atoms with van der Waals surface area (Å²) < 4.78 is 0. The van der Waals surface area contributed by atoms with E-state index in [1.807, 2.05) is 0 Å². The largest absolute Gasteiger partial charge is 0.311 e. The van der Waals surface area contributed by atoms with Gasteiger partial charge in [-0.05, 0) is 26.3 Å². The van der Waals surface area contributed by atoms with Crippen molar-refractivity contribution in [3.05, 3.63) is 16.1 Å². The number of rotatable bonds is 5. The van der Waals surface area contributed by atoms with Gasteiger partial charge in [0.25, 0.3) is 0 Å². The molecule has 18 heavy (non-hydrogen) atoms. The zero-order valence-corrected chi connectivity index (χ0v) is 12.6. The van der Waals surface area contributed by atoms with Gasteiger partial charge < -0.3 is 10.2 Å². The summed E-state index contributed by atoms with van der Waals surface area (Å²) >= 11 is 1.80. The zero-order valence-electron chi connectivity index (χ0n) is 11.8. The van der Waals surface area contributed by atoms with Gasteiger partial charge in [-0.1, -0.05) is 13.8 Å². The summed E-state index contributed by atoms with van der Waals surface area (Å²) in [5.74, 6) is 0. The Bertz CT molecular complexity index is 362. The van der Waals surface area contributed by atoms with Gasteiger partial charge in [-0.2, -0.15) is 0 Å². The third kappa shape index (κ3) is 4.34. The molecule has 102 valence electrons. The van der Waals surface area contributed by atoms with Crippen LogP contribution in [0.1, 0.15) is 37.4 Å². The molecule has 1 aliphatic rings. The van der Waals surface area contributed by atoms with Crippen molar-refractivity contribution < 1.29 is 0 Å². The van der Waals surface area contributed by atoms with Crippen molar-refractivity contribution in [1.29, 1.82) is 0 Å². The quantitative estimate of drug-likeness (QED) is 0.888. The van der Waals surface area contributed by atoms with Crippen molar-refractivity contribution in [2.45, 2.75) is 52.1 Å². The fraction of sp³-hybridized carbons (Fsp3) is 0.786. The Labute approximate surface area is 115 Å². The van der Waals surface area contributed by atoms with Crippen LogP contribution in [0, 0.1) is 6.92 Å². The monoisotopic (exact) mass is 267 g/mol. The maximum absolute atomic E-state index is 4.54. The number of thiazole rings is 1. The van der Waals surface area contributed by atoms with Crippen LogP contribution in [0.5, 0.6) is 0 Å². The van der Waals surface area contributed by atoms with Crippen LogP contribution in [0.4, 0.5) is 0 Å². The molecule has 2 rings (SSSR count).